The maximum Gasteiger partial charge on any atom is 0.394 e. The van der Waals surface area contributed by atoms with E-state index in [1.54, 1.807) is 39.0 Å². The van der Waals surface area contributed by atoms with E-state index in [1.165, 1.54) is 18.2 Å². The predicted octanol–water partition coefficient (Wildman–Crippen LogP) is 3.91. The first-order valence-corrected chi connectivity index (χ1v) is 8.77. The normalized spacial score (nSPS) is 11.2. The summed E-state index contributed by atoms with van der Waals surface area (Å²) < 4.78 is 30.5. The monoisotopic (exact) mass is 391 g/mol. The molecule has 0 aliphatic carbocycles. The third kappa shape index (κ3) is 6.61. The third-order valence-electron chi connectivity index (χ3n) is 3.64. The van der Waals surface area contributed by atoms with Crippen molar-refractivity contribution in [2.45, 2.75) is 40.3 Å². The van der Waals surface area contributed by atoms with E-state index in [4.69, 9.17) is 0 Å². The molecule has 0 bridgehead atoms. The number of rotatable bonds is 7. The summed E-state index contributed by atoms with van der Waals surface area (Å²) in [5, 5.41) is 5.38. The average Bonchev–Trinajstić information content (AvgIpc) is 2.57. The van der Waals surface area contributed by atoms with Gasteiger partial charge in [-0.2, -0.15) is 8.78 Å². The first kappa shape index (κ1) is 21.3. The highest BCUT2D eigenvalue weighted by molar-refractivity contribution is 5.97. The molecular formula is C20H23F2N3O3. The van der Waals surface area contributed by atoms with Crippen molar-refractivity contribution in [1.82, 2.24) is 10.3 Å². The Labute approximate surface area is 162 Å². The van der Waals surface area contributed by atoms with Crippen molar-refractivity contribution in [2.75, 3.05) is 5.32 Å². The van der Waals surface area contributed by atoms with E-state index in [0.29, 0.717) is 29.6 Å². The molecule has 1 heterocycles. The number of carbonyl (C=O) groups is 2. The molecule has 1 aromatic carbocycles. The van der Waals surface area contributed by atoms with Crippen LogP contribution in [0.15, 0.2) is 36.4 Å². The number of pyridine rings is 1. The minimum atomic E-state index is -3.28. The van der Waals surface area contributed by atoms with Crippen LogP contribution in [0.1, 0.15) is 42.4 Å². The minimum absolute atomic E-state index is 0.0117. The maximum atomic E-state index is 13.0. The number of aromatic nitrogens is 1. The molecule has 0 saturated heterocycles. The molecule has 2 N–H and O–H groups in total. The number of alkyl halides is 2. The smallest absolute Gasteiger partial charge is 0.394 e. The SMILES string of the molecule is Cc1cc(C(=O)NCc2cccc(OC(C)(F)F)c2)cc(NC(=O)C(C)C)n1. The Hall–Kier alpha value is -3.03. The van der Waals surface area contributed by atoms with E-state index in [-0.39, 0.29) is 30.0 Å². The van der Waals surface area contributed by atoms with E-state index < -0.39 is 6.11 Å². The molecular weight excluding hydrogens is 368 g/mol. The summed E-state index contributed by atoms with van der Waals surface area (Å²) in [4.78, 5) is 28.5. The van der Waals surface area contributed by atoms with E-state index in [1.807, 2.05) is 0 Å². The Morgan fingerprint density at radius 1 is 1.21 bits per heavy atom. The number of benzene rings is 1. The van der Waals surface area contributed by atoms with Crippen LogP contribution in [0.3, 0.4) is 0 Å². The molecule has 0 fully saturated rings. The lowest BCUT2D eigenvalue weighted by molar-refractivity contribution is -0.159. The van der Waals surface area contributed by atoms with Gasteiger partial charge in [0.2, 0.25) is 5.91 Å². The Kier molecular flexibility index (Phi) is 6.66. The highest BCUT2D eigenvalue weighted by atomic mass is 19.3. The van der Waals surface area contributed by atoms with Crippen LogP contribution in [-0.4, -0.2) is 22.9 Å². The molecule has 0 saturated carbocycles. The number of halogens is 2. The number of anilines is 1. The standard InChI is InChI=1S/C20H23F2N3O3/c1-12(2)18(26)25-17-10-15(8-13(3)24-17)19(27)23-11-14-6-5-7-16(9-14)28-20(4,21)22/h5-10,12H,11H2,1-4H3,(H,23,27)(H,24,25,26). The molecule has 1 aromatic heterocycles. The number of amides is 2. The van der Waals surface area contributed by atoms with Gasteiger partial charge in [0.05, 0.1) is 0 Å². The topological polar surface area (TPSA) is 80.3 Å². The van der Waals surface area contributed by atoms with E-state index in [9.17, 15) is 18.4 Å². The van der Waals surface area contributed by atoms with Crippen LogP contribution in [0.5, 0.6) is 5.75 Å². The quantitative estimate of drug-likeness (QED) is 0.750. The van der Waals surface area contributed by atoms with Gasteiger partial charge < -0.3 is 15.4 Å². The van der Waals surface area contributed by atoms with Gasteiger partial charge in [-0.15, -0.1) is 0 Å². The first-order chi connectivity index (χ1) is 13.0. The molecule has 0 unspecified atom stereocenters. The van der Waals surface area contributed by atoms with Crippen molar-refractivity contribution >= 4 is 17.6 Å². The van der Waals surface area contributed by atoms with Crippen LogP contribution >= 0.6 is 0 Å². The number of nitrogens with one attached hydrogen (secondary N) is 2. The van der Waals surface area contributed by atoms with Gasteiger partial charge in [0.15, 0.2) is 0 Å². The van der Waals surface area contributed by atoms with Gasteiger partial charge >= 0.3 is 6.11 Å². The lowest BCUT2D eigenvalue weighted by Crippen LogP contribution is -2.24. The lowest BCUT2D eigenvalue weighted by Gasteiger charge is -2.14. The fourth-order valence-electron chi connectivity index (χ4n) is 2.34. The van der Waals surface area contributed by atoms with Crippen molar-refractivity contribution in [2.24, 2.45) is 5.92 Å². The van der Waals surface area contributed by atoms with Crippen molar-refractivity contribution in [1.29, 1.82) is 0 Å². The number of carbonyl (C=O) groups excluding carboxylic acids is 2. The zero-order valence-corrected chi connectivity index (χ0v) is 16.2. The molecule has 0 spiro atoms. The predicted molar refractivity (Wildman–Crippen MR) is 101 cm³/mol. The Morgan fingerprint density at radius 2 is 1.93 bits per heavy atom. The Balaban J connectivity index is 2.06. The molecule has 150 valence electrons. The number of hydrogen-bond acceptors (Lipinski definition) is 4. The number of nitrogens with zero attached hydrogens (tertiary/aromatic N) is 1. The summed E-state index contributed by atoms with van der Waals surface area (Å²) in [7, 11) is 0. The van der Waals surface area contributed by atoms with Crippen molar-refractivity contribution < 1.29 is 23.1 Å². The second-order valence-electron chi connectivity index (χ2n) is 6.77. The van der Waals surface area contributed by atoms with Crippen LogP contribution < -0.4 is 15.4 Å². The molecule has 6 nitrogen and oxygen atoms in total. The zero-order valence-electron chi connectivity index (χ0n) is 16.2. The Morgan fingerprint density at radius 3 is 2.57 bits per heavy atom. The molecule has 0 atom stereocenters. The average molecular weight is 391 g/mol. The third-order valence-corrected chi connectivity index (χ3v) is 3.64. The van der Waals surface area contributed by atoms with Crippen molar-refractivity contribution in [3.05, 3.63) is 53.2 Å². The molecule has 28 heavy (non-hydrogen) atoms. The molecule has 2 aromatic rings. The second-order valence-corrected chi connectivity index (χ2v) is 6.77. The van der Waals surface area contributed by atoms with Gasteiger partial charge in [-0.1, -0.05) is 26.0 Å². The summed E-state index contributed by atoms with van der Waals surface area (Å²) in [6.07, 6.45) is -3.28. The summed E-state index contributed by atoms with van der Waals surface area (Å²) in [6, 6.07) is 9.19. The number of ether oxygens (including phenoxy) is 1. The molecule has 2 amide bonds. The highest BCUT2D eigenvalue weighted by Gasteiger charge is 2.23. The maximum absolute atomic E-state index is 13.0. The van der Waals surface area contributed by atoms with E-state index in [0.717, 1.165) is 0 Å². The second kappa shape index (κ2) is 8.77. The zero-order chi connectivity index (χ0) is 20.9. The van der Waals surface area contributed by atoms with E-state index in [2.05, 4.69) is 20.4 Å². The van der Waals surface area contributed by atoms with Gasteiger partial charge in [0, 0.05) is 30.6 Å². The van der Waals surface area contributed by atoms with Crippen LogP contribution in [0, 0.1) is 12.8 Å². The lowest BCUT2D eigenvalue weighted by atomic mass is 10.1. The van der Waals surface area contributed by atoms with Crippen molar-refractivity contribution in [3.63, 3.8) is 0 Å². The van der Waals surface area contributed by atoms with Gasteiger partial charge in [-0.3, -0.25) is 9.59 Å². The molecule has 8 heteroatoms. The molecule has 0 radical (unpaired) electrons. The van der Waals surface area contributed by atoms with Crippen LogP contribution in [0.4, 0.5) is 14.6 Å². The number of hydrogen-bond donors (Lipinski definition) is 2. The van der Waals surface area contributed by atoms with Gasteiger partial charge in [0.1, 0.15) is 11.6 Å². The first-order valence-electron chi connectivity index (χ1n) is 8.77. The highest BCUT2D eigenvalue weighted by Crippen LogP contribution is 2.22. The molecule has 0 aliphatic heterocycles. The molecule has 0 aliphatic rings. The largest absolute Gasteiger partial charge is 0.433 e. The van der Waals surface area contributed by atoms with Gasteiger partial charge in [-0.05, 0) is 36.8 Å². The fraction of sp³-hybridized carbons (Fsp3) is 0.350. The summed E-state index contributed by atoms with van der Waals surface area (Å²) in [6.45, 7) is 6.01. The summed E-state index contributed by atoms with van der Waals surface area (Å²) in [5.41, 5.74) is 1.51. The van der Waals surface area contributed by atoms with Gasteiger partial charge in [0.25, 0.3) is 5.91 Å². The van der Waals surface area contributed by atoms with Gasteiger partial charge in [-0.25, -0.2) is 4.98 Å². The van der Waals surface area contributed by atoms with Crippen molar-refractivity contribution in [3.8, 4) is 5.75 Å². The number of aryl methyl sites for hydroxylation is 1. The van der Waals surface area contributed by atoms with Crippen LogP contribution in [0.2, 0.25) is 0 Å². The van der Waals surface area contributed by atoms with Crippen LogP contribution in [-0.2, 0) is 11.3 Å². The van der Waals surface area contributed by atoms with E-state index >= 15 is 0 Å². The fourth-order valence-corrected chi connectivity index (χ4v) is 2.34. The Bertz CT molecular complexity index is 864. The minimum Gasteiger partial charge on any atom is -0.433 e. The summed E-state index contributed by atoms with van der Waals surface area (Å²) >= 11 is 0. The summed E-state index contributed by atoms with van der Waals surface area (Å²) in [5.74, 6) is -0.488. The van der Waals surface area contributed by atoms with Crippen LogP contribution in [0.25, 0.3) is 0 Å². The molecule has 2 rings (SSSR count).